The summed E-state index contributed by atoms with van der Waals surface area (Å²) in [5.74, 6) is -0.0805. The fourth-order valence-electron chi connectivity index (χ4n) is 2.74. The van der Waals surface area contributed by atoms with Crippen LogP contribution in [-0.2, 0) is 0 Å². The predicted octanol–water partition coefficient (Wildman–Crippen LogP) is 2.32. The second-order valence-electron chi connectivity index (χ2n) is 6.54. The molecule has 1 saturated heterocycles. The third-order valence-electron chi connectivity index (χ3n) is 4.06. The minimum absolute atomic E-state index is 0.0607. The molecule has 1 unspecified atom stereocenters. The second-order valence-corrected chi connectivity index (χ2v) is 12.7. The van der Waals surface area contributed by atoms with Crippen LogP contribution in [0.2, 0.25) is 19.1 Å². The van der Waals surface area contributed by atoms with E-state index in [0.29, 0.717) is 16.5 Å². The van der Waals surface area contributed by atoms with Gasteiger partial charge in [-0.3, -0.25) is 4.79 Å². The highest BCUT2D eigenvalue weighted by Gasteiger charge is 2.26. The third kappa shape index (κ3) is 3.34. The van der Waals surface area contributed by atoms with Gasteiger partial charge in [-0.1, -0.05) is 36.9 Å². The third-order valence-corrected chi connectivity index (χ3v) is 7.89. The van der Waals surface area contributed by atoms with Gasteiger partial charge in [0.25, 0.3) is 11.1 Å². The maximum absolute atomic E-state index is 12.4. The number of hydrogen-bond acceptors (Lipinski definition) is 5. The number of carbonyl (C=O) groups excluding carboxylic acids is 1. The molecule has 3 rings (SSSR count). The summed E-state index contributed by atoms with van der Waals surface area (Å²) in [4.78, 5) is 19.7. The number of nitrogens with zero attached hydrogens (tertiary/aromatic N) is 1. The fraction of sp³-hybridized carbons (Fsp3) is 0.571. The van der Waals surface area contributed by atoms with Crippen LogP contribution >= 0.6 is 11.3 Å². The van der Waals surface area contributed by atoms with Crippen molar-refractivity contribution in [3.8, 4) is 5.19 Å². The molecule has 3 heterocycles. The molecule has 22 heavy (non-hydrogen) atoms. The van der Waals surface area contributed by atoms with Crippen LogP contribution in [0.5, 0.6) is 5.19 Å². The Morgan fingerprint density at radius 1 is 1.55 bits per heavy atom. The van der Waals surface area contributed by atoms with Crippen molar-refractivity contribution in [2.45, 2.75) is 38.1 Å². The van der Waals surface area contributed by atoms with Crippen molar-refractivity contribution in [3.05, 3.63) is 11.8 Å². The summed E-state index contributed by atoms with van der Waals surface area (Å²) in [5.41, 5.74) is 1.26. The summed E-state index contributed by atoms with van der Waals surface area (Å²) >= 11 is 1.43. The molecular weight excluding hydrogens is 316 g/mol. The van der Waals surface area contributed by atoms with Gasteiger partial charge in [0.2, 0.25) is 0 Å². The molecule has 2 aromatic rings. The highest BCUT2D eigenvalue weighted by molar-refractivity contribution is 7.20. The lowest BCUT2D eigenvalue weighted by molar-refractivity contribution is 0.0924. The zero-order valence-electron chi connectivity index (χ0n) is 13.2. The molecule has 3 N–H and O–H groups in total. The average Bonchev–Trinajstić information content (AvgIpc) is 2.97. The summed E-state index contributed by atoms with van der Waals surface area (Å²) in [6.45, 7) is 4.78. The van der Waals surface area contributed by atoms with Crippen LogP contribution in [0.25, 0.3) is 10.3 Å². The summed E-state index contributed by atoms with van der Waals surface area (Å²) in [7, 11) is 0.460. The predicted molar refractivity (Wildman–Crippen MR) is 91.3 cm³/mol. The Kier molecular flexibility index (Phi) is 4.24. The molecule has 0 aromatic carbocycles. The van der Waals surface area contributed by atoms with Crippen molar-refractivity contribution >= 4 is 35.7 Å². The number of carbonyl (C=O) groups is 1. The van der Waals surface area contributed by atoms with Crippen molar-refractivity contribution in [2.75, 3.05) is 13.3 Å². The van der Waals surface area contributed by atoms with E-state index in [0.717, 1.165) is 17.3 Å². The Balaban J connectivity index is 1.66. The Morgan fingerprint density at radius 2 is 2.36 bits per heavy atom. The molecule has 1 atom stereocenters. The van der Waals surface area contributed by atoms with Gasteiger partial charge in [-0.25, -0.2) is 0 Å². The van der Waals surface area contributed by atoms with Gasteiger partial charge in [0.05, 0.1) is 26.0 Å². The molecule has 1 aliphatic rings. The Labute approximate surface area is 134 Å². The van der Waals surface area contributed by atoms with E-state index in [-0.39, 0.29) is 12.1 Å². The zero-order chi connectivity index (χ0) is 15.7. The van der Waals surface area contributed by atoms with Gasteiger partial charge in [-0.05, 0) is 18.7 Å². The van der Waals surface area contributed by atoms with Crippen LogP contribution in [0.15, 0.2) is 6.07 Å². The fourth-order valence-corrected chi connectivity index (χ4v) is 5.65. The molecule has 0 bridgehead atoms. The number of fused-ring (bicyclic) bond motifs is 1. The minimum Gasteiger partial charge on any atom is -0.473 e. The van der Waals surface area contributed by atoms with E-state index in [1.807, 2.05) is 6.07 Å². The van der Waals surface area contributed by atoms with Crippen LogP contribution in [0.3, 0.4) is 0 Å². The van der Waals surface area contributed by atoms with Gasteiger partial charge < -0.3 is 20.4 Å². The van der Waals surface area contributed by atoms with Gasteiger partial charge in [-0.2, -0.15) is 4.98 Å². The van der Waals surface area contributed by atoms with E-state index in [9.17, 15) is 4.79 Å². The van der Waals surface area contributed by atoms with Gasteiger partial charge in [-0.15, -0.1) is 0 Å². The van der Waals surface area contributed by atoms with Crippen LogP contribution in [0.4, 0.5) is 0 Å². The average molecular weight is 339 g/mol. The molecule has 6 nitrogen and oxygen atoms in total. The van der Waals surface area contributed by atoms with E-state index < -0.39 is 8.07 Å². The SMILES string of the molecule is COc1nc2[nH]c(C(=O)NC3CCC[Si](C)(C)CN3)cc2s1. The van der Waals surface area contributed by atoms with Gasteiger partial charge in [0.1, 0.15) is 5.69 Å². The summed E-state index contributed by atoms with van der Waals surface area (Å²) in [6, 6.07) is 3.15. The van der Waals surface area contributed by atoms with Crippen LogP contribution in [-0.4, -0.2) is 43.4 Å². The Hall–Kier alpha value is -1.38. The number of aromatic nitrogens is 2. The van der Waals surface area contributed by atoms with Gasteiger partial charge in [0.15, 0.2) is 5.65 Å². The first-order valence-electron chi connectivity index (χ1n) is 7.55. The van der Waals surface area contributed by atoms with Crippen LogP contribution < -0.4 is 15.4 Å². The van der Waals surface area contributed by atoms with E-state index in [1.165, 1.54) is 23.8 Å². The number of ether oxygens (including phenoxy) is 1. The van der Waals surface area contributed by atoms with E-state index in [1.54, 1.807) is 7.11 Å². The van der Waals surface area contributed by atoms with Gasteiger partial charge >= 0.3 is 0 Å². The van der Waals surface area contributed by atoms with Crippen molar-refractivity contribution in [2.24, 2.45) is 0 Å². The van der Waals surface area contributed by atoms with Crippen molar-refractivity contribution in [1.82, 2.24) is 20.6 Å². The number of thiazole rings is 1. The number of hydrogen-bond donors (Lipinski definition) is 3. The van der Waals surface area contributed by atoms with Crippen molar-refractivity contribution in [3.63, 3.8) is 0 Å². The molecule has 0 spiro atoms. The van der Waals surface area contributed by atoms with Crippen molar-refractivity contribution < 1.29 is 9.53 Å². The molecule has 1 fully saturated rings. The molecule has 0 aliphatic carbocycles. The number of rotatable bonds is 3. The summed E-state index contributed by atoms with van der Waals surface area (Å²) < 4.78 is 6.03. The highest BCUT2D eigenvalue weighted by atomic mass is 32.1. The molecule has 2 aromatic heterocycles. The number of aromatic amines is 1. The van der Waals surface area contributed by atoms with E-state index in [4.69, 9.17) is 4.74 Å². The summed E-state index contributed by atoms with van der Waals surface area (Å²) in [5, 5.41) is 7.18. The topological polar surface area (TPSA) is 79.0 Å². The number of amides is 1. The maximum Gasteiger partial charge on any atom is 0.275 e. The molecule has 8 heteroatoms. The van der Waals surface area contributed by atoms with Crippen LogP contribution in [0, 0.1) is 0 Å². The highest BCUT2D eigenvalue weighted by Crippen LogP contribution is 2.27. The van der Waals surface area contributed by atoms with E-state index >= 15 is 0 Å². The standard InChI is InChI=1S/C14H22N4O2SSi/c1-20-14-18-12-10(21-14)7-9(16-12)13(19)17-11-5-4-6-22(2,3)8-15-11/h7,11,15-16H,4-6,8H2,1-3H3,(H,17,19). The number of H-pyrrole nitrogens is 1. The molecule has 120 valence electrons. The van der Waals surface area contributed by atoms with Crippen LogP contribution in [0.1, 0.15) is 23.3 Å². The lowest BCUT2D eigenvalue weighted by Crippen LogP contribution is -2.49. The first kappa shape index (κ1) is 15.5. The molecule has 1 amide bonds. The number of methoxy groups -OCH3 is 1. The summed E-state index contributed by atoms with van der Waals surface area (Å²) in [6.07, 6.45) is 3.28. The minimum atomic E-state index is -1.13. The molecular formula is C14H22N4O2SSi. The largest absolute Gasteiger partial charge is 0.473 e. The lowest BCUT2D eigenvalue weighted by Gasteiger charge is -2.21. The molecule has 0 radical (unpaired) electrons. The number of nitrogens with one attached hydrogen (secondary N) is 3. The Bertz CT molecular complexity index is 650. The monoisotopic (exact) mass is 338 g/mol. The van der Waals surface area contributed by atoms with Gasteiger partial charge in [0, 0.05) is 0 Å². The molecule has 1 aliphatic heterocycles. The molecule has 0 saturated carbocycles. The normalized spacial score (nSPS) is 21.5. The lowest BCUT2D eigenvalue weighted by atomic mass is 10.2. The van der Waals surface area contributed by atoms with E-state index in [2.05, 4.69) is 33.7 Å². The Morgan fingerprint density at radius 3 is 3.09 bits per heavy atom. The maximum atomic E-state index is 12.4. The first-order chi connectivity index (χ1) is 10.5. The smallest absolute Gasteiger partial charge is 0.275 e. The zero-order valence-corrected chi connectivity index (χ0v) is 15.0. The quantitative estimate of drug-likeness (QED) is 0.751. The van der Waals surface area contributed by atoms with Crippen molar-refractivity contribution in [1.29, 1.82) is 0 Å². The second kappa shape index (κ2) is 6.02. The first-order valence-corrected chi connectivity index (χ1v) is 11.8.